The molecular weight excluding hydrogens is 468 g/mol. The summed E-state index contributed by atoms with van der Waals surface area (Å²) < 4.78 is 44.4. The minimum atomic E-state index is -4.91. The topological polar surface area (TPSA) is 114 Å². The fourth-order valence-electron chi connectivity index (χ4n) is 2.60. The van der Waals surface area contributed by atoms with Gasteiger partial charge in [-0.05, 0) is 17.3 Å². The molecule has 0 saturated carbocycles. The summed E-state index contributed by atoms with van der Waals surface area (Å²) in [6.07, 6.45) is -4.91. The summed E-state index contributed by atoms with van der Waals surface area (Å²) in [7, 11) is 2.04. The van der Waals surface area contributed by atoms with Crippen LogP contribution in [0.15, 0.2) is 27.8 Å². The number of esters is 1. The molecule has 2 aromatic heterocycles. The number of halogens is 5. The number of hydrogen-bond donors (Lipinski definition) is 0. The zero-order valence-corrected chi connectivity index (χ0v) is 17.2. The van der Waals surface area contributed by atoms with Gasteiger partial charge in [-0.15, -0.1) is 10.2 Å². The second kappa shape index (κ2) is 8.15. The molecule has 3 rings (SSSR count). The van der Waals surface area contributed by atoms with Crippen LogP contribution in [0.3, 0.4) is 0 Å². The smallest absolute Gasteiger partial charge is 0.431 e. The lowest BCUT2D eigenvalue weighted by atomic mass is 10.2. The Morgan fingerprint density at radius 2 is 1.84 bits per heavy atom. The fourth-order valence-corrected chi connectivity index (χ4v) is 3.15. The summed E-state index contributed by atoms with van der Waals surface area (Å²) in [6, 6.07) is 2.59. The van der Waals surface area contributed by atoms with Crippen LogP contribution in [0.2, 0.25) is 10.0 Å². The average Bonchev–Trinajstić information content (AvgIpc) is 3.13. The van der Waals surface area contributed by atoms with Crippen LogP contribution in [0.4, 0.5) is 13.2 Å². The Morgan fingerprint density at radius 1 is 1.16 bits per heavy atom. The first-order valence-corrected chi connectivity index (χ1v) is 8.94. The van der Waals surface area contributed by atoms with Crippen LogP contribution in [-0.2, 0) is 29.3 Å². The van der Waals surface area contributed by atoms with Crippen molar-refractivity contribution in [3.8, 4) is 17.1 Å². The highest BCUT2D eigenvalue weighted by Gasteiger charge is 2.35. The molecular formula is C16H11Cl2F3N6O4. The maximum Gasteiger partial charge on any atom is 0.431 e. The van der Waals surface area contributed by atoms with Gasteiger partial charge in [-0.2, -0.15) is 18.0 Å². The summed E-state index contributed by atoms with van der Waals surface area (Å²) in [6.45, 7) is -0.347. The highest BCUT2D eigenvalue weighted by atomic mass is 35.5. The van der Waals surface area contributed by atoms with Crippen LogP contribution in [0, 0.1) is 0 Å². The summed E-state index contributed by atoms with van der Waals surface area (Å²) >= 11 is 12.3. The van der Waals surface area contributed by atoms with Gasteiger partial charge in [0.25, 0.3) is 5.56 Å². The molecule has 0 fully saturated rings. The molecule has 0 amide bonds. The molecule has 0 aliphatic rings. The van der Waals surface area contributed by atoms with Crippen molar-refractivity contribution in [2.24, 2.45) is 7.05 Å². The third-order valence-electron chi connectivity index (χ3n) is 4.08. The van der Waals surface area contributed by atoms with Gasteiger partial charge in [-0.3, -0.25) is 9.36 Å². The van der Waals surface area contributed by atoms with Crippen LogP contribution < -0.4 is 11.2 Å². The SMILES string of the molecule is COC(=O)Cn1nnc(-c2cc(-n3c(=O)cc(C(F)(F)F)n(C)c3=O)c(Cl)cc2Cl)n1. The quantitative estimate of drug-likeness (QED) is 0.524. The first-order chi connectivity index (χ1) is 14.4. The Labute approximate surface area is 180 Å². The lowest BCUT2D eigenvalue weighted by Gasteiger charge is -2.15. The van der Waals surface area contributed by atoms with E-state index in [0.717, 1.165) is 17.9 Å². The molecule has 0 aliphatic carbocycles. The molecule has 0 radical (unpaired) electrons. The molecule has 0 spiro atoms. The Bertz CT molecular complexity index is 1300. The van der Waals surface area contributed by atoms with Crippen molar-refractivity contribution in [1.82, 2.24) is 29.3 Å². The number of rotatable bonds is 4. The van der Waals surface area contributed by atoms with Gasteiger partial charge in [0.2, 0.25) is 5.82 Å². The summed E-state index contributed by atoms with van der Waals surface area (Å²) in [5.74, 6) is -0.741. The number of ether oxygens (including phenoxy) is 1. The van der Waals surface area contributed by atoms with E-state index < -0.39 is 29.1 Å². The van der Waals surface area contributed by atoms with Gasteiger partial charge in [0, 0.05) is 18.7 Å². The van der Waals surface area contributed by atoms with E-state index in [1.54, 1.807) is 0 Å². The Kier molecular flexibility index (Phi) is 5.91. The molecule has 0 saturated heterocycles. The van der Waals surface area contributed by atoms with Gasteiger partial charge in [0.15, 0.2) is 6.54 Å². The third-order valence-corrected chi connectivity index (χ3v) is 4.70. The lowest BCUT2D eigenvalue weighted by Crippen LogP contribution is -2.40. The van der Waals surface area contributed by atoms with E-state index >= 15 is 0 Å². The number of benzene rings is 1. The predicted molar refractivity (Wildman–Crippen MR) is 101 cm³/mol. The number of hydrogen-bond acceptors (Lipinski definition) is 7. The van der Waals surface area contributed by atoms with Crippen LogP contribution in [0.5, 0.6) is 0 Å². The van der Waals surface area contributed by atoms with Crippen LogP contribution in [-0.4, -0.2) is 42.4 Å². The van der Waals surface area contributed by atoms with Gasteiger partial charge < -0.3 is 4.74 Å². The maximum atomic E-state index is 13.1. The van der Waals surface area contributed by atoms with Gasteiger partial charge >= 0.3 is 17.8 Å². The second-order valence-electron chi connectivity index (χ2n) is 6.05. The van der Waals surface area contributed by atoms with E-state index in [0.29, 0.717) is 4.57 Å². The third kappa shape index (κ3) is 4.32. The summed E-state index contributed by atoms with van der Waals surface area (Å²) in [5.41, 5.74) is -4.14. The van der Waals surface area contributed by atoms with E-state index in [2.05, 4.69) is 20.1 Å². The zero-order chi connectivity index (χ0) is 23.1. The largest absolute Gasteiger partial charge is 0.468 e. The first kappa shape index (κ1) is 22.5. The fraction of sp³-hybridized carbons (Fsp3) is 0.250. The molecule has 0 N–H and O–H groups in total. The van der Waals surface area contributed by atoms with E-state index in [4.69, 9.17) is 23.2 Å². The van der Waals surface area contributed by atoms with Crippen LogP contribution >= 0.6 is 23.2 Å². The minimum Gasteiger partial charge on any atom is -0.468 e. The van der Waals surface area contributed by atoms with Gasteiger partial charge in [0.05, 0.1) is 22.8 Å². The van der Waals surface area contributed by atoms with Crippen molar-refractivity contribution >= 4 is 29.2 Å². The summed E-state index contributed by atoms with van der Waals surface area (Å²) in [5, 5.41) is 11.2. The Morgan fingerprint density at radius 3 is 2.45 bits per heavy atom. The van der Waals surface area contributed by atoms with Crippen molar-refractivity contribution in [1.29, 1.82) is 0 Å². The molecule has 0 unspecified atom stereocenters. The first-order valence-electron chi connectivity index (χ1n) is 8.18. The normalized spacial score (nSPS) is 11.6. The van der Waals surface area contributed by atoms with Crippen molar-refractivity contribution in [3.63, 3.8) is 0 Å². The number of aromatic nitrogens is 6. The molecule has 3 aromatic rings. The number of methoxy groups -OCH3 is 1. The molecule has 0 atom stereocenters. The number of alkyl halides is 3. The lowest BCUT2D eigenvalue weighted by molar-refractivity contribution is -0.144. The molecule has 10 nitrogen and oxygen atoms in total. The van der Waals surface area contributed by atoms with Crippen LogP contribution in [0.25, 0.3) is 17.1 Å². The number of carbonyl (C=O) groups excluding carboxylic acids is 1. The highest BCUT2D eigenvalue weighted by molar-refractivity contribution is 6.37. The molecule has 164 valence electrons. The highest BCUT2D eigenvalue weighted by Crippen LogP contribution is 2.32. The van der Waals surface area contributed by atoms with E-state index in [-0.39, 0.29) is 44.3 Å². The monoisotopic (exact) mass is 478 g/mol. The number of carbonyl (C=O) groups is 1. The zero-order valence-electron chi connectivity index (χ0n) is 15.6. The molecule has 15 heteroatoms. The average molecular weight is 479 g/mol. The van der Waals surface area contributed by atoms with E-state index in [9.17, 15) is 27.6 Å². The molecule has 1 aromatic carbocycles. The predicted octanol–water partition coefficient (Wildman–Crippen LogP) is 1.69. The van der Waals surface area contributed by atoms with Gasteiger partial charge in [0.1, 0.15) is 5.69 Å². The molecule has 0 aliphatic heterocycles. The van der Waals surface area contributed by atoms with Crippen molar-refractivity contribution in [2.45, 2.75) is 12.7 Å². The molecule has 2 heterocycles. The van der Waals surface area contributed by atoms with E-state index in [1.807, 2.05) is 0 Å². The minimum absolute atomic E-state index is 0.00292. The van der Waals surface area contributed by atoms with Crippen molar-refractivity contribution in [3.05, 3.63) is 54.8 Å². The summed E-state index contributed by atoms with van der Waals surface area (Å²) in [4.78, 5) is 37.1. The number of nitrogens with zero attached hydrogens (tertiary/aromatic N) is 6. The van der Waals surface area contributed by atoms with Crippen LogP contribution in [0.1, 0.15) is 5.69 Å². The van der Waals surface area contributed by atoms with Gasteiger partial charge in [-0.25, -0.2) is 14.2 Å². The Balaban J connectivity index is 2.18. The number of tetrazole rings is 1. The molecule has 0 bridgehead atoms. The van der Waals surface area contributed by atoms with Crippen molar-refractivity contribution in [2.75, 3.05) is 7.11 Å². The van der Waals surface area contributed by atoms with Gasteiger partial charge in [-0.1, -0.05) is 23.2 Å². The second-order valence-corrected chi connectivity index (χ2v) is 6.86. The standard InChI is InChI=1S/C16H11Cl2F3N6O4/c1-25-11(16(19,20)21)5-12(28)27(15(25)30)10-3-7(8(17)4-9(10)18)14-22-24-26(23-14)6-13(29)31-2/h3-5H,6H2,1-2H3. The molecule has 31 heavy (non-hydrogen) atoms. The van der Waals surface area contributed by atoms with Crippen molar-refractivity contribution < 1.29 is 22.7 Å². The maximum absolute atomic E-state index is 13.1. The Hall–Kier alpha value is -3.19. The van der Waals surface area contributed by atoms with E-state index in [1.165, 1.54) is 13.2 Å².